The van der Waals surface area contributed by atoms with Crippen molar-refractivity contribution >= 4 is 17.4 Å². The molecule has 1 amide bonds. The molecule has 0 bridgehead atoms. The highest BCUT2D eigenvalue weighted by molar-refractivity contribution is 6.06. The third-order valence-corrected chi connectivity index (χ3v) is 7.97. The lowest BCUT2D eigenvalue weighted by atomic mass is 9.80. The molecule has 0 radical (unpaired) electrons. The fraction of sp³-hybridized carbons (Fsp3) is 0.375. The Bertz CT molecular complexity index is 1230. The molecule has 1 heterocycles. The van der Waals surface area contributed by atoms with Crippen LogP contribution in [0.1, 0.15) is 69.0 Å². The molecule has 3 aromatic carbocycles. The Morgan fingerprint density at radius 1 is 0.974 bits per heavy atom. The standard InChI is InChI=1S/C32H36N2O4/c1-37-38-22-23-7-12-29(13-8-23)33-32(36)28-11-14-30-27(21-28)10-9-26(31(30)35)17-20-34-18-15-25(16-19-34)24-5-3-2-4-6-24/h2-8,11-14,21,25-26H,9-10,15-20,22H2,1H3,(H,33,36). The van der Waals surface area contributed by atoms with Gasteiger partial charge in [0.15, 0.2) is 5.78 Å². The van der Waals surface area contributed by atoms with Crippen molar-refractivity contribution in [2.45, 2.75) is 44.6 Å². The maximum atomic E-state index is 13.3. The number of nitrogens with one attached hydrogen (secondary N) is 1. The zero-order valence-electron chi connectivity index (χ0n) is 22.0. The summed E-state index contributed by atoms with van der Waals surface area (Å²) in [6, 6.07) is 23.7. The molecule has 1 saturated heterocycles. The lowest BCUT2D eigenvalue weighted by Gasteiger charge is -2.33. The Morgan fingerprint density at radius 3 is 2.47 bits per heavy atom. The average molecular weight is 513 g/mol. The van der Waals surface area contributed by atoms with Gasteiger partial charge in [-0.15, -0.1) is 0 Å². The van der Waals surface area contributed by atoms with Gasteiger partial charge in [0.2, 0.25) is 0 Å². The summed E-state index contributed by atoms with van der Waals surface area (Å²) in [6.45, 7) is 3.51. The van der Waals surface area contributed by atoms with Crippen molar-refractivity contribution in [3.05, 3.63) is 101 Å². The number of likely N-dealkylation sites (tertiary alicyclic amines) is 1. The number of carbonyl (C=O) groups is 2. The van der Waals surface area contributed by atoms with E-state index >= 15 is 0 Å². The summed E-state index contributed by atoms with van der Waals surface area (Å²) in [7, 11) is 1.47. The van der Waals surface area contributed by atoms with Crippen molar-refractivity contribution in [2.75, 3.05) is 32.1 Å². The van der Waals surface area contributed by atoms with Gasteiger partial charge in [-0.25, -0.2) is 9.78 Å². The summed E-state index contributed by atoms with van der Waals surface area (Å²) in [4.78, 5) is 38.2. The van der Waals surface area contributed by atoms with E-state index in [2.05, 4.69) is 45.4 Å². The third-order valence-electron chi connectivity index (χ3n) is 7.97. The SMILES string of the molecule is COOCc1ccc(NC(=O)c2ccc3c(c2)CCC(CCN2CCC(c4ccccc4)CC2)C3=O)cc1. The van der Waals surface area contributed by atoms with Gasteiger partial charge in [0.1, 0.15) is 6.61 Å². The first kappa shape index (κ1) is 26.3. The van der Waals surface area contributed by atoms with Gasteiger partial charge in [0, 0.05) is 22.7 Å². The summed E-state index contributed by atoms with van der Waals surface area (Å²) < 4.78 is 0. The van der Waals surface area contributed by atoms with Crippen molar-refractivity contribution in [3.63, 3.8) is 0 Å². The van der Waals surface area contributed by atoms with Crippen LogP contribution >= 0.6 is 0 Å². The number of rotatable bonds is 9. The van der Waals surface area contributed by atoms with E-state index in [1.807, 2.05) is 36.4 Å². The summed E-state index contributed by atoms with van der Waals surface area (Å²) >= 11 is 0. The minimum atomic E-state index is -0.179. The van der Waals surface area contributed by atoms with E-state index in [0.717, 1.165) is 55.6 Å². The number of ketones is 1. The molecule has 1 aliphatic heterocycles. The number of nitrogens with zero attached hydrogens (tertiary/aromatic N) is 1. The second-order valence-electron chi connectivity index (χ2n) is 10.4. The molecule has 0 spiro atoms. The molecular formula is C32H36N2O4. The molecule has 3 aromatic rings. The molecule has 1 fully saturated rings. The molecule has 1 unspecified atom stereocenters. The fourth-order valence-corrected chi connectivity index (χ4v) is 5.71. The van der Waals surface area contributed by atoms with Crippen LogP contribution < -0.4 is 5.32 Å². The van der Waals surface area contributed by atoms with Crippen molar-refractivity contribution in [1.82, 2.24) is 4.90 Å². The minimum Gasteiger partial charge on any atom is -0.322 e. The summed E-state index contributed by atoms with van der Waals surface area (Å²) in [5.41, 5.74) is 5.44. The van der Waals surface area contributed by atoms with E-state index < -0.39 is 0 Å². The first-order chi connectivity index (χ1) is 18.6. The number of hydrogen-bond acceptors (Lipinski definition) is 5. The lowest BCUT2D eigenvalue weighted by molar-refractivity contribution is -0.282. The molecule has 6 heteroatoms. The highest BCUT2D eigenvalue weighted by Gasteiger charge is 2.29. The van der Waals surface area contributed by atoms with Gasteiger partial charge in [-0.05, 0) is 98.6 Å². The van der Waals surface area contributed by atoms with Crippen LogP contribution in [0.3, 0.4) is 0 Å². The van der Waals surface area contributed by atoms with Crippen molar-refractivity contribution < 1.29 is 19.4 Å². The van der Waals surface area contributed by atoms with Gasteiger partial charge in [-0.3, -0.25) is 9.59 Å². The normalized spacial score (nSPS) is 18.2. The number of Topliss-reactive ketones (excluding diaryl/α,β-unsaturated/α-hetero) is 1. The van der Waals surface area contributed by atoms with Gasteiger partial charge in [-0.1, -0.05) is 48.5 Å². The van der Waals surface area contributed by atoms with Crippen LogP contribution in [0.25, 0.3) is 0 Å². The maximum Gasteiger partial charge on any atom is 0.255 e. The van der Waals surface area contributed by atoms with Gasteiger partial charge < -0.3 is 10.2 Å². The van der Waals surface area contributed by atoms with E-state index in [9.17, 15) is 9.59 Å². The molecule has 0 aromatic heterocycles. The number of amides is 1. The monoisotopic (exact) mass is 512 g/mol. The lowest BCUT2D eigenvalue weighted by Crippen LogP contribution is -2.35. The van der Waals surface area contributed by atoms with E-state index in [-0.39, 0.29) is 17.6 Å². The summed E-state index contributed by atoms with van der Waals surface area (Å²) in [5, 5.41) is 2.94. The number of piperidine rings is 1. The predicted octanol–water partition coefficient (Wildman–Crippen LogP) is 6.03. The molecule has 6 nitrogen and oxygen atoms in total. The molecule has 5 rings (SSSR count). The largest absolute Gasteiger partial charge is 0.322 e. The van der Waals surface area contributed by atoms with E-state index in [1.165, 1.54) is 25.5 Å². The number of benzene rings is 3. The van der Waals surface area contributed by atoms with Crippen molar-refractivity contribution in [1.29, 1.82) is 0 Å². The maximum absolute atomic E-state index is 13.3. The van der Waals surface area contributed by atoms with E-state index in [4.69, 9.17) is 4.89 Å². The van der Waals surface area contributed by atoms with Gasteiger partial charge >= 0.3 is 0 Å². The molecule has 1 aliphatic carbocycles. The van der Waals surface area contributed by atoms with E-state index in [0.29, 0.717) is 23.8 Å². The first-order valence-corrected chi connectivity index (χ1v) is 13.6. The molecule has 1 N–H and O–H groups in total. The topological polar surface area (TPSA) is 67.9 Å². The average Bonchev–Trinajstić information content (AvgIpc) is 2.97. The van der Waals surface area contributed by atoms with Gasteiger partial charge in [-0.2, -0.15) is 0 Å². The van der Waals surface area contributed by atoms with Crippen molar-refractivity contribution in [3.8, 4) is 0 Å². The van der Waals surface area contributed by atoms with Crippen LogP contribution in [0.15, 0.2) is 72.8 Å². The van der Waals surface area contributed by atoms with Gasteiger partial charge in [0.05, 0.1) is 7.11 Å². The molecule has 38 heavy (non-hydrogen) atoms. The zero-order valence-corrected chi connectivity index (χ0v) is 22.0. The summed E-state index contributed by atoms with van der Waals surface area (Å²) in [5.74, 6) is 0.764. The number of aryl methyl sites for hydroxylation is 1. The highest BCUT2D eigenvalue weighted by atomic mass is 17.2. The number of anilines is 1. The van der Waals surface area contributed by atoms with Crippen LogP contribution in [-0.4, -0.2) is 43.3 Å². The smallest absolute Gasteiger partial charge is 0.255 e. The molecule has 2 aliphatic rings. The molecule has 0 saturated carbocycles. The molecule has 198 valence electrons. The van der Waals surface area contributed by atoms with Crippen molar-refractivity contribution in [2.24, 2.45) is 5.92 Å². The number of fused-ring (bicyclic) bond motifs is 1. The van der Waals surface area contributed by atoms with Gasteiger partial charge in [0.25, 0.3) is 5.91 Å². The zero-order chi connectivity index (χ0) is 26.3. The molecular weight excluding hydrogens is 476 g/mol. The Kier molecular flexibility index (Phi) is 8.64. The van der Waals surface area contributed by atoms with Crippen LogP contribution in [-0.2, 0) is 22.8 Å². The van der Waals surface area contributed by atoms with E-state index in [1.54, 1.807) is 6.07 Å². The Labute approximate surface area is 224 Å². The number of hydrogen-bond donors (Lipinski definition) is 1. The second-order valence-corrected chi connectivity index (χ2v) is 10.4. The highest BCUT2D eigenvalue weighted by Crippen LogP contribution is 2.31. The van der Waals surface area contributed by atoms with Crippen LogP contribution in [0, 0.1) is 5.92 Å². The second kappa shape index (κ2) is 12.5. The Balaban J connectivity index is 1.12. The Morgan fingerprint density at radius 2 is 1.74 bits per heavy atom. The van der Waals surface area contributed by atoms with Crippen LogP contribution in [0.4, 0.5) is 5.69 Å². The number of carbonyl (C=O) groups excluding carboxylic acids is 2. The third kappa shape index (κ3) is 6.38. The predicted molar refractivity (Wildman–Crippen MR) is 148 cm³/mol. The van der Waals surface area contributed by atoms with Crippen LogP contribution in [0.2, 0.25) is 0 Å². The minimum absolute atomic E-state index is 0.0645. The quantitative estimate of drug-likeness (QED) is 0.280. The Hall–Kier alpha value is -3.32. The molecule has 1 atom stereocenters. The fourth-order valence-electron chi connectivity index (χ4n) is 5.71. The van der Waals surface area contributed by atoms with Crippen LogP contribution in [0.5, 0.6) is 0 Å². The first-order valence-electron chi connectivity index (χ1n) is 13.6. The summed E-state index contributed by atoms with van der Waals surface area (Å²) in [6.07, 6.45) is 4.95.